The number of rotatable bonds is 6. The van der Waals surface area contributed by atoms with Crippen molar-refractivity contribution in [1.29, 1.82) is 0 Å². The lowest BCUT2D eigenvalue weighted by atomic mass is 10.1. The number of nitrogens with one attached hydrogen (secondary N) is 1. The molecule has 3 aromatic rings. The van der Waals surface area contributed by atoms with Crippen LogP contribution in [0.15, 0.2) is 34.0 Å². The molecule has 0 aliphatic carbocycles. The molecular weight excluding hydrogens is 356 g/mol. The molecule has 0 spiro atoms. The second-order valence-corrected chi connectivity index (χ2v) is 5.21. The summed E-state index contributed by atoms with van der Waals surface area (Å²) in [5.74, 6) is -1.60. The van der Waals surface area contributed by atoms with E-state index in [2.05, 4.69) is 35.8 Å². The van der Waals surface area contributed by atoms with Gasteiger partial charge in [-0.25, -0.2) is 14.8 Å². The lowest BCUT2D eigenvalue weighted by molar-refractivity contribution is 0.0696. The summed E-state index contributed by atoms with van der Waals surface area (Å²) >= 11 is 0. The van der Waals surface area contributed by atoms with Crippen molar-refractivity contribution in [1.82, 2.24) is 30.7 Å². The fourth-order valence-electron chi connectivity index (χ4n) is 2.32. The average molecular weight is 370 g/mol. The Morgan fingerprint density at radius 1 is 1.37 bits per heavy atom. The van der Waals surface area contributed by atoms with Gasteiger partial charge in [0.2, 0.25) is 11.6 Å². The maximum absolute atomic E-state index is 12.4. The topological polar surface area (TPSA) is 174 Å². The summed E-state index contributed by atoms with van der Waals surface area (Å²) in [5.41, 5.74) is 8.77. The number of carboxylic acids is 1. The number of aromatic nitrogens is 5. The standard InChI is InChI=1S/C15H14N8O4/c1-2-10-11(18-22-23(10)13-12(16)20-27-21-13)14(24)19-17-7-8-5-3-4-6-9(8)15(25)26/h3-7H,2H2,1H3,(H2,16,20)(H,19,24)(H,25,26)/b17-7+. The third kappa shape index (κ3) is 3.49. The van der Waals surface area contributed by atoms with E-state index < -0.39 is 11.9 Å². The molecule has 138 valence electrons. The molecule has 0 atom stereocenters. The number of hydrogen-bond donors (Lipinski definition) is 3. The van der Waals surface area contributed by atoms with Gasteiger partial charge in [-0.15, -0.1) is 5.10 Å². The van der Waals surface area contributed by atoms with Crippen molar-refractivity contribution >= 4 is 23.9 Å². The molecular formula is C15H14N8O4. The van der Waals surface area contributed by atoms with Crippen molar-refractivity contribution < 1.29 is 19.3 Å². The van der Waals surface area contributed by atoms with Gasteiger partial charge >= 0.3 is 5.97 Å². The van der Waals surface area contributed by atoms with Crippen LogP contribution in [0.5, 0.6) is 0 Å². The van der Waals surface area contributed by atoms with Crippen LogP contribution in [-0.4, -0.2) is 48.5 Å². The van der Waals surface area contributed by atoms with Gasteiger partial charge in [-0.2, -0.15) is 9.78 Å². The van der Waals surface area contributed by atoms with Crippen molar-refractivity contribution in [2.75, 3.05) is 5.73 Å². The second kappa shape index (κ2) is 7.43. The number of aromatic carboxylic acids is 1. The largest absolute Gasteiger partial charge is 0.478 e. The van der Waals surface area contributed by atoms with Crippen molar-refractivity contribution in [3.05, 3.63) is 46.8 Å². The molecule has 4 N–H and O–H groups in total. The SMILES string of the molecule is CCc1c(C(=O)N/N=C/c2ccccc2C(=O)O)nnn1-c1nonc1N. The normalized spacial score (nSPS) is 11.0. The van der Waals surface area contributed by atoms with Gasteiger partial charge in [0.25, 0.3) is 5.91 Å². The van der Waals surface area contributed by atoms with E-state index in [0.29, 0.717) is 17.7 Å². The van der Waals surface area contributed by atoms with Crippen molar-refractivity contribution in [2.45, 2.75) is 13.3 Å². The molecule has 0 bridgehead atoms. The van der Waals surface area contributed by atoms with E-state index in [4.69, 9.17) is 10.8 Å². The first-order valence-electron chi connectivity index (χ1n) is 7.71. The molecule has 12 nitrogen and oxygen atoms in total. The minimum Gasteiger partial charge on any atom is -0.478 e. The fourth-order valence-corrected chi connectivity index (χ4v) is 2.32. The van der Waals surface area contributed by atoms with E-state index in [1.165, 1.54) is 17.0 Å². The summed E-state index contributed by atoms with van der Waals surface area (Å²) < 4.78 is 5.78. The second-order valence-electron chi connectivity index (χ2n) is 5.21. The van der Waals surface area contributed by atoms with E-state index in [-0.39, 0.29) is 22.9 Å². The van der Waals surface area contributed by atoms with Crippen molar-refractivity contribution in [2.24, 2.45) is 5.10 Å². The number of nitrogens with zero attached hydrogens (tertiary/aromatic N) is 6. The molecule has 2 aromatic heterocycles. The quantitative estimate of drug-likeness (QED) is 0.406. The van der Waals surface area contributed by atoms with Gasteiger partial charge in [0.15, 0.2) is 5.69 Å². The van der Waals surface area contributed by atoms with Gasteiger partial charge in [0.05, 0.1) is 17.5 Å². The highest BCUT2D eigenvalue weighted by Gasteiger charge is 2.22. The Morgan fingerprint density at radius 3 is 2.81 bits per heavy atom. The predicted molar refractivity (Wildman–Crippen MR) is 91.5 cm³/mol. The Balaban J connectivity index is 1.81. The van der Waals surface area contributed by atoms with Crippen LogP contribution in [0.1, 0.15) is 39.0 Å². The number of carboxylic acid groups (broad SMARTS) is 1. The summed E-state index contributed by atoms with van der Waals surface area (Å²) in [5, 5.41) is 27.7. The van der Waals surface area contributed by atoms with Crippen LogP contribution in [0, 0.1) is 0 Å². The smallest absolute Gasteiger partial charge is 0.336 e. The number of hydrogen-bond acceptors (Lipinski definition) is 9. The van der Waals surface area contributed by atoms with E-state index in [1.807, 2.05) is 0 Å². The molecule has 1 amide bonds. The van der Waals surface area contributed by atoms with E-state index >= 15 is 0 Å². The molecule has 0 fully saturated rings. The number of carbonyl (C=O) groups excluding carboxylic acids is 1. The molecule has 0 unspecified atom stereocenters. The van der Waals surface area contributed by atoms with Crippen LogP contribution >= 0.6 is 0 Å². The summed E-state index contributed by atoms with van der Waals surface area (Å²) in [7, 11) is 0. The maximum Gasteiger partial charge on any atom is 0.336 e. The molecule has 0 radical (unpaired) electrons. The van der Waals surface area contributed by atoms with Gasteiger partial charge in [0, 0.05) is 5.56 Å². The monoisotopic (exact) mass is 370 g/mol. The zero-order valence-electron chi connectivity index (χ0n) is 14.0. The Hall–Kier alpha value is -4.09. The Labute approximate surface area is 151 Å². The number of carbonyl (C=O) groups is 2. The van der Waals surface area contributed by atoms with Crippen LogP contribution in [0.4, 0.5) is 5.82 Å². The molecule has 27 heavy (non-hydrogen) atoms. The lowest BCUT2D eigenvalue weighted by Gasteiger charge is -2.02. The highest BCUT2D eigenvalue weighted by molar-refractivity contribution is 5.99. The fraction of sp³-hybridized carbons (Fsp3) is 0.133. The molecule has 2 heterocycles. The minimum atomic E-state index is -1.10. The zero-order chi connectivity index (χ0) is 19.4. The molecule has 0 saturated carbocycles. The Kier molecular flexibility index (Phi) is 4.88. The Morgan fingerprint density at radius 2 is 2.15 bits per heavy atom. The summed E-state index contributed by atoms with van der Waals surface area (Å²) in [6.07, 6.45) is 1.63. The van der Waals surface area contributed by atoms with Gasteiger partial charge < -0.3 is 10.8 Å². The third-order valence-electron chi connectivity index (χ3n) is 3.57. The molecule has 0 saturated heterocycles. The van der Waals surface area contributed by atoms with Crippen molar-refractivity contribution in [3.63, 3.8) is 0 Å². The van der Waals surface area contributed by atoms with E-state index in [0.717, 1.165) is 0 Å². The van der Waals surface area contributed by atoms with Gasteiger partial charge in [-0.1, -0.05) is 30.3 Å². The first-order valence-corrected chi connectivity index (χ1v) is 7.71. The molecule has 12 heteroatoms. The molecule has 0 aliphatic heterocycles. The van der Waals surface area contributed by atoms with Gasteiger partial charge in [-0.05, 0) is 22.8 Å². The summed E-state index contributed by atoms with van der Waals surface area (Å²) in [6, 6.07) is 6.25. The number of hydrazone groups is 1. The summed E-state index contributed by atoms with van der Waals surface area (Å²) in [6.45, 7) is 1.79. The molecule has 1 aromatic carbocycles. The lowest BCUT2D eigenvalue weighted by Crippen LogP contribution is -2.20. The first kappa shape index (κ1) is 17.7. The first-order chi connectivity index (χ1) is 13.0. The molecule has 3 rings (SSSR count). The Bertz CT molecular complexity index is 1020. The highest BCUT2D eigenvalue weighted by atomic mass is 16.6. The van der Waals surface area contributed by atoms with Crippen molar-refractivity contribution in [3.8, 4) is 5.82 Å². The number of benzene rings is 1. The molecule has 0 aliphatic rings. The minimum absolute atomic E-state index is 0.00450. The summed E-state index contributed by atoms with van der Waals surface area (Å²) in [4.78, 5) is 23.5. The number of nitrogens with two attached hydrogens (primary N) is 1. The number of amides is 1. The maximum atomic E-state index is 12.4. The van der Waals surface area contributed by atoms with Crippen LogP contribution in [0.25, 0.3) is 5.82 Å². The van der Waals surface area contributed by atoms with Crippen LogP contribution in [-0.2, 0) is 6.42 Å². The van der Waals surface area contributed by atoms with Gasteiger partial charge in [0.1, 0.15) is 0 Å². The number of anilines is 1. The van der Waals surface area contributed by atoms with Crippen LogP contribution < -0.4 is 11.2 Å². The van der Waals surface area contributed by atoms with Crippen LogP contribution in [0.3, 0.4) is 0 Å². The average Bonchev–Trinajstić information content (AvgIpc) is 3.27. The van der Waals surface area contributed by atoms with E-state index in [1.54, 1.807) is 25.1 Å². The highest BCUT2D eigenvalue weighted by Crippen LogP contribution is 2.16. The third-order valence-corrected chi connectivity index (χ3v) is 3.57. The van der Waals surface area contributed by atoms with Crippen LogP contribution in [0.2, 0.25) is 0 Å². The zero-order valence-corrected chi connectivity index (χ0v) is 14.0. The predicted octanol–water partition coefficient (Wildman–Crippen LogP) is 0.257. The van der Waals surface area contributed by atoms with Gasteiger partial charge in [-0.3, -0.25) is 4.79 Å². The van der Waals surface area contributed by atoms with E-state index in [9.17, 15) is 9.59 Å². The number of nitrogen functional groups attached to an aromatic ring is 1.